The Labute approximate surface area is 146 Å². The van der Waals surface area contributed by atoms with Crippen LogP contribution in [-0.4, -0.2) is 16.8 Å². The highest BCUT2D eigenvalue weighted by Crippen LogP contribution is 2.28. The molecule has 0 saturated heterocycles. The molecule has 0 fully saturated rings. The second-order valence-corrected chi connectivity index (χ2v) is 6.65. The molecule has 124 valence electrons. The number of hydrogen-bond acceptors (Lipinski definition) is 3. The number of rotatable bonds is 3. The molecule has 0 aliphatic heterocycles. The molecule has 1 aromatic carbocycles. The van der Waals surface area contributed by atoms with Crippen LogP contribution in [-0.2, 0) is 6.42 Å². The van der Waals surface area contributed by atoms with E-state index >= 15 is 0 Å². The van der Waals surface area contributed by atoms with Crippen LogP contribution in [0.15, 0.2) is 39.6 Å². The number of fused-ring (bicyclic) bond motifs is 1. The number of aromatic amines is 1. The molecule has 4 N–H and O–H groups in total. The van der Waals surface area contributed by atoms with Crippen LogP contribution in [0.5, 0.6) is 0 Å². The first-order valence-corrected chi connectivity index (χ1v) is 8.37. The molecule has 2 amide bonds. The summed E-state index contributed by atoms with van der Waals surface area (Å²) in [5.41, 5.74) is 6.71. The van der Waals surface area contributed by atoms with Crippen LogP contribution >= 0.6 is 15.9 Å². The maximum Gasteiger partial charge on any atom is 0.261 e. The molecule has 1 aliphatic rings. The van der Waals surface area contributed by atoms with Gasteiger partial charge in [-0.3, -0.25) is 14.4 Å². The Kier molecular flexibility index (Phi) is 4.53. The van der Waals surface area contributed by atoms with Gasteiger partial charge in [0.05, 0.1) is 6.04 Å². The summed E-state index contributed by atoms with van der Waals surface area (Å²) >= 11 is 3.34. The highest BCUT2D eigenvalue weighted by Gasteiger charge is 2.25. The molecule has 0 spiro atoms. The van der Waals surface area contributed by atoms with Crippen molar-refractivity contribution < 1.29 is 9.59 Å². The average molecular weight is 390 g/mol. The molecule has 7 heteroatoms. The van der Waals surface area contributed by atoms with E-state index in [2.05, 4.69) is 26.2 Å². The first-order chi connectivity index (χ1) is 11.5. The topological polar surface area (TPSA) is 105 Å². The predicted octanol–water partition coefficient (Wildman–Crippen LogP) is 2.04. The zero-order chi connectivity index (χ0) is 17.3. The number of hydrogen-bond donors (Lipinski definition) is 3. The summed E-state index contributed by atoms with van der Waals surface area (Å²) in [4.78, 5) is 38.5. The van der Waals surface area contributed by atoms with E-state index in [1.165, 1.54) is 6.07 Å². The van der Waals surface area contributed by atoms with Crippen LogP contribution in [0, 0.1) is 0 Å². The lowest BCUT2D eigenvalue weighted by Crippen LogP contribution is -2.34. The summed E-state index contributed by atoms with van der Waals surface area (Å²) in [6.45, 7) is 0. The van der Waals surface area contributed by atoms with Crippen molar-refractivity contribution in [2.75, 3.05) is 0 Å². The van der Waals surface area contributed by atoms with Crippen LogP contribution in [0.2, 0.25) is 0 Å². The molecular formula is C17H16BrN3O3. The van der Waals surface area contributed by atoms with Gasteiger partial charge in [0.15, 0.2) is 0 Å². The van der Waals surface area contributed by atoms with Crippen molar-refractivity contribution in [3.63, 3.8) is 0 Å². The maximum absolute atomic E-state index is 12.5. The van der Waals surface area contributed by atoms with Gasteiger partial charge in [0, 0.05) is 15.7 Å². The molecule has 1 aliphatic carbocycles. The third-order valence-electron chi connectivity index (χ3n) is 4.11. The van der Waals surface area contributed by atoms with Gasteiger partial charge in [0.25, 0.3) is 17.4 Å². The monoisotopic (exact) mass is 389 g/mol. The molecule has 1 unspecified atom stereocenters. The molecular weight excluding hydrogens is 374 g/mol. The first kappa shape index (κ1) is 16.4. The van der Waals surface area contributed by atoms with Crippen molar-refractivity contribution in [2.45, 2.75) is 25.3 Å². The Morgan fingerprint density at radius 2 is 2.08 bits per heavy atom. The highest BCUT2D eigenvalue weighted by atomic mass is 79.9. The van der Waals surface area contributed by atoms with E-state index in [-0.39, 0.29) is 17.5 Å². The lowest BCUT2D eigenvalue weighted by molar-refractivity contribution is 0.0932. The van der Waals surface area contributed by atoms with E-state index in [0.29, 0.717) is 12.0 Å². The van der Waals surface area contributed by atoms with E-state index in [1.807, 2.05) is 6.07 Å². The number of nitrogens with one attached hydrogen (secondary N) is 2. The molecule has 24 heavy (non-hydrogen) atoms. The number of aryl methyl sites for hydroxylation is 1. The lowest BCUT2D eigenvalue weighted by Gasteiger charge is -2.26. The third-order valence-corrected chi connectivity index (χ3v) is 4.60. The fourth-order valence-corrected chi connectivity index (χ4v) is 3.34. The molecule has 0 radical (unpaired) electrons. The van der Waals surface area contributed by atoms with Crippen LogP contribution < -0.4 is 16.6 Å². The number of primary amides is 1. The number of H-pyrrole nitrogens is 1. The summed E-state index contributed by atoms with van der Waals surface area (Å²) in [7, 11) is 0. The van der Waals surface area contributed by atoms with Crippen molar-refractivity contribution >= 4 is 27.7 Å². The van der Waals surface area contributed by atoms with E-state index in [0.717, 1.165) is 28.6 Å². The van der Waals surface area contributed by atoms with E-state index in [4.69, 9.17) is 5.73 Å². The number of benzene rings is 1. The van der Waals surface area contributed by atoms with Gasteiger partial charge in [-0.15, -0.1) is 0 Å². The summed E-state index contributed by atoms with van der Waals surface area (Å²) in [6.07, 6.45) is 2.27. The van der Waals surface area contributed by atoms with Gasteiger partial charge in [-0.2, -0.15) is 0 Å². The maximum atomic E-state index is 12.5. The standard InChI is InChI=1S/C17H16BrN3O3/c18-10-4-1-3-9(7-10)16(23)20-13-5-2-6-14-11(13)8-12(15(19)22)17(24)21-14/h1,3-4,7-8,13H,2,5-6H2,(H2,19,22)(H,20,23)(H,21,24). The van der Waals surface area contributed by atoms with Gasteiger partial charge < -0.3 is 16.0 Å². The van der Waals surface area contributed by atoms with Crippen molar-refractivity contribution in [2.24, 2.45) is 5.73 Å². The first-order valence-electron chi connectivity index (χ1n) is 7.58. The van der Waals surface area contributed by atoms with Crippen LogP contribution in [0.1, 0.15) is 50.9 Å². The number of amides is 2. The number of nitrogens with two attached hydrogens (primary N) is 1. The predicted molar refractivity (Wildman–Crippen MR) is 92.9 cm³/mol. The van der Waals surface area contributed by atoms with E-state index < -0.39 is 11.5 Å². The Balaban J connectivity index is 1.92. The van der Waals surface area contributed by atoms with Gasteiger partial charge in [0.2, 0.25) is 0 Å². The van der Waals surface area contributed by atoms with Crippen molar-refractivity contribution in [3.8, 4) is 0 Å². The average Bonchev–Trinajstić information content (AvgIpc) is 2.54. The van der Waals surface area contributed by atoms with Gasteiger partial charge in [-0.05, 0) is 49.1 Å². The Morgan fingerprint density at radius 3 is 2.79 bits per heavy atom. The van der Waals surface area contributed by atoms with E-state index in [1.54, 1.807) is 18.2 Å². The Morgan fingerprint density at radius 1 is 1.29 bits per heavy atom. The highest BCUT2D eigenvalue weighted by molar-refractivity contribution is 9.10. The normalized spacial score (nSPS) is 16.3. The van der Waals surface area contributed by atoms with Gasteiger partial charge in [0.1, 0.15) is 5.56 Å². The Bertz CT molecular complexity index is 876. The lowest BCUT2D eigenvalue weighted by atomic mass is 9.90. The molecule has 0 saturated carbocycles. The van der Waals surface area contributed by atoms with Crippen molar-refractivity contribution in [1.82, 2.24) is 10.3 Å². The molecule has 1 atom stereocenters. The summed E-state index contributed by atoms with van der Waals surface area (Å²) in [6, 6.07) is 8.33. The minimum absolute atomic E-state index is 0.0858. The SMILES string of the molecule is NC(=O)c1cc2c([nH]c1=O)CCCC2NC(=O)c1cccc(Br)c1. The van der Waals surface area contributed by atoms with Crippen molar-refractivity contribution in [1.29, 1.82) is 0 Å². The van der Waals surface area contributed by atoms with E-state index in [9.17, 15) is 14.4 Å². The molecule has 6 nitrogen and oxygen atoms in total. The molecule has 3 rings (SSSR count). The quantitative estimate of drug-likeness (QED) is 0.747. The molecule has 0 bridgehead atoms. The summed E-state index contributed by atoms with van der Waals surface area (Å²) < 4.78 is 0.819. The van der Waals surface area contributed by atoms with Gasteiger partial charge in [-0.25, -0.2) is 0 Å². The van der Waals surface area contributed by atoms with Crippen LogP contribution in [0.3, 0.4) is 0 Å². The Hall–Kier alpha value is -2.41. The fraction of sp³-hybridized carbons (Fsp3) is 0.235. The number of pyridine rings is 1. The third kappa shape index (κ3) is 3.26. The molecule has 1 aromatic heterocycles. The molecule has 1 heterocycles. The number of aromatic nitrogens is 1. The second kappa shape index (κ2) is 6.60. The largest absolute Gasteiger partial charge is 0.365 e. The summed E-state index contributed by atoms with van der Waals surface area (Å²) in [5, 5.41) is 2.97. The van der Waals surface area contributed by atoms with Gasteiger partial charge >= 0.3 is 0 Å². The van der Waals surface area contributed by atoms with Crippen molar-refractivity contribution in [3.05, 3.63) is 67.5 Å². The second-order valence-electron chi connectivity index (χ2n) is 5.74. The van der Waals surface area contributed by atoms with Crippen LogP contribution in [0.25, 0.3) is 0 Å². The van der Waals surface area contributed by atoms with Crippen LogP contribution in [0.4, 0.5) is 0 Å². The zero-order valence-corrected chi connectivity index (χ0v) is 14.4. The zero-order valence-electron chi connectivity index (χ0n) is 12.8. The number of halogens is 1. The summed E-state index contributed by atoms with van der Waals surface area (Å²) in [5.74, 6) is -0.984. The smallest absolute Gasteiger partial charge is 0.261 e. The fourth-order valence-electron chi connectivity index (χ4n) is 2.95. The minimum Gasteiger partial charge on any atom is -0.365 e. The molecule has 2 aromatic rings. The van der Waals surface area contributed by atoms with Gasteiger partial charge in [-0.1, -0.05) is 22.0 Å². The number of carbonyl (C=O) groups is 2. The minimum atomic E-state index is -0.776. The number of carbonyl (C=O) groups excluding carboxylic acids is 2.